The van der Waals surface area contributed by atoms with Crippen molar-refractivity contribution < 1.29 is 40.9 Å². The van der Waals surface area contributed by atoms with Crippen LogP contribution in [-0.4, -0.2) is 30.2 Å². The number of hydrogen-bond acceptors (Lipinski definition) is 3. The lowest BCUT2D eigenvalue weighted by Crippen LogP contribution is -2.48. The molecule has 9 heteroatoms. The van der Waals surface area contributed by atoms with E-state index in [-0.39, 0.29) is 24.5 Å². The predicted molar refractivity (Wildman–Crippen MR) is 112 cm³/mol. The van der Waals surface area contributed by atoms with Crippen LogP contribution < -0.4 is 0 Å². The fourth-order valence-corrected chi connectivity index (χ4v) is 5.19. The Bertz CT molecular complexity index is 938. The summed E-state index contributed by atoms with van der Waals surface area (Å²) in [7, 11) is 0. The molecule has 0 amide bonds. The molecule has 1 saturated heterocycles. The normalized spacial score (nSPS) is 21.0. The first kappa shape index (κ1) is 25.0. The molecule has 4 rings (SSSR count). The molecule has 34 heavy (non-hydrogen) atoms. The summed E-state index contributed by atoms with van der Waals surface area (Å²) in [5, 5.41) is 11.3. The molecule has 1 aliphatic carbocycles. The van der Waals surface area contributed by atoms with Gasteiger partial charge in [0.15, 0.2) is 5.79 Å². The first-order chi connectivity index (χ1) is 15.9. The van der Waals surface area contributed by atoms with Crippen LogP contribution in [-0.2, 0) is 33.7 Å². The summed E-state index contributed by atoms with van der Waals surface area (Å²) in [6.07, 6.45) is -8.76. The zero-order valence-corrected chi connectivity index (χ0v) is 18.4. The molecule has 3 nitrogen and oxygen atoms in total. The summed E-state index contributed by atoms with van der Waals surface area (Å²) in [5.41, 5.74) is -2.62. The van der Waals surface area contributed by atoms with Crippen LogP contribution in [0.25, 0.3) is 0 Å². The average molecular weight is 488 g/mol. The van der Waals surface area contributed by atoms with Gasteiger partial charge >= 0.3 is 12.4 Å². The highest BCUT2D eigenvalue weighted by molar-refractivity contribution is 5.34. The van der Waals surface area contributed by atoms with Crippen molar-refractivity contribution in [2.75, 3.05) is 13.2 Å². The minimum Gasteiger partial charge on any atom is -0.392 e. The standard InChI is InChI=1S/C25H26F6O3/c26-24(27,28)19-14-17(15-20(16-19)25(29,30)31)6-7-21(32)22(18-4-2-1-3-5-18)8-10-23(11-9-22)33-12-13-34-23/h1-5,14-16,21,32H,6-13H2. The van der Waals surface area contributed by atoms with Crippen LogP contribution in [0, 0.1) is 0 Å². The van der Waals surface area contributed by atoms with Gasteiger partial charge in [-0.25, -0.2) is 0 Å². The van der Waals surface area contributed by atoms with Crippen LogP contribution in [0.15, 0.2) is 48.5 Å². The number of halogens is 6. The van der Waals surface area contributed by atoms with Gasteiger partial charge in [-0.05, 0) is 55.0 Å². The molecule has 1 aliphatic heterocycles. The molecule has 2 aliphatic rings. The number of aliphatic hydroxyl groups excluding tert-OH is 1. The Labute approximate surface area is 193 Å². The lowest BCUT2D eigenvalue weighted by molar-refractivity contribution is -0.191. The molecule has 1 atom stereocenters. The molecule has 2 fully saturated rings. The number of benzene rings is 2. The van der Waals surface area contributed by atoms with Gasteiger partial charge < -0.3 is 14.6 Å². The molecule has 2 aromatic carbocycles. The zero-order valence-electron chi connectivity index (χ0n) is 18.4. The smallest absolute Gasteiger partial charge is 0.392 e. The first-order valence-electron chi connectivity index (χ1n) is 11.2. The van der Waals surface area contributed by atoms with Crippen molar-refractivity contribution in [3.05, 3.63) is 70.8 Å². The average Bonchev–Trinajstić information content (AvgIpc) is 3.25. The second-order valence-corrected chi connectivity index (χ2v) is 9.10. The van der Waals surface area contributed by atoms with E-state index in [0.29, 0.717) is 38.9 Å². The van der Waals surface area contributed by atoms with Gasteiger partial charge in [-0.3, -0.25) is 0 Å². The third-order valence-corrected chi connectivity index (χ3v) is 7.06. The maximum atomic E-state index is 13.2. The van der Waals surface area contributed by atoms with Gasteiger partial charge in [-0.2, -0.15) is 26.3 Å². The Kier molecular flexibility index (Phi) is 6.74. The van der Waals surface area contributed by atoms with Crippen molar-refractivity contribution in [1.29, 1.82) is 0 Å². The van der Waals surface area contributed by atoms with Crippen LogP contribution in [0.2, 0.25) is 0 Å². The minimum absolute atomic E-state index is 0.0161. The SMILES string of the molecule is OC(CCc1cc(C(F)(F)F)cc(C(F)(F)F)c1)C1(c2ccccc2)CCC2(CC1)OCCO2. The van der Waals surface area contributed by atoms with Gasteiger partial charge in [-0.15, -0.1) is 0 Å². The van der Waals surface area contributed by atoms with E-state index >= 15 is 0 Å². The van der Waals surface area contributed by atoms with Gasteiger partial charge in [0.1, 0.15) is 0 Å². The van der Waals surface area contributed by atoms with Crippen molar-refractivity contribution >= 4 is 0 Å². The zero-order chi connectivity index (χ0) is 24.6. The van der Waals surface area contributed by atoms with Crippen molar-refractivity contribution in [3.63, 3.8) is 0 Å². The predicted octanol–water partition coefficient (Wildman–Crippen LogP) is 6.27. The lowest BCUT2D eigenvalue weighted by atomic mass is 9.63. The quantitative estimate of drug-likeness (QED) is 0.504. The summed E-state index contributed by atoms with van der Waals surface area (Å²) in [4.78, 5) is 0. The molecule has 0 radical (unpaired) electrons. The fourth-order valence-electron chi connectivity index (χ4n) is 5.19. The molecule has 1 heterocycles. The highest BCUT2D eigenvalue weighted by Gasteiger charge is 2.50. The molecule has 0 aromatic heterocycles. The fraction of sp³-hybridized carbons (Fsp3) is 0.520. The topological polar surface area (TPSA) is 38.7 Å². The van der Waals surface area contributed by atoms with Crippen LogP contribution >= 0.6 is 0 Å². The van der Waals surface area contributed by atoms with Crippen LogP contribution in [0.3, 0.4) is 0 Å². The van der Waals surface area contributed by atoms with Crippen molar-refractivity contribution in [1.82, 2.24) is 0 Å². The van der Waals surface area contributed by atoms with E-state index in [1.807, 2.05) is 30.3 Å². The first-order valence-corrected chi connectivity index (χ1v) is 11.2. The monoisotopic (exact) mass is 488 g/mol. The molecular formula is C25H26F6O3. The number of rotatable bonds is 5. The third kappa shape index (κ3) is 5.11. The van der Waals surface area contributed by atoms with E-state index in [4.69, 9.17) is 9.47 Å². The molecule has 0 bridgehead atoms. The molecule has 2 aromatic rings. The number of aryl methyl sites for hydroxylation is 1. The lowest BCUT2D eigenvalue weighted by Gasteiger charge is -2.46. The van der Waals surface area contributed by atoms with Crippen molar-refractivity contribution in [3.8, 4) is 0 Å². The minimum atomic E-state index is -4.90. The third-order valence-electron chi connectivity index (χ3n) is 7.06. The maximum absolute atomic E-state index is 13.2. The Morgan fingerprint density at radius 1 is 0.794 bits per heavy atom. The number of alkyl halides is 6. The molecule has 1 spiro atoms. The molecular weight excluding hydrogens is 462 g/mol. The van der Waals surface area contributed by atoms with E-state index in [1.165, 1.54) is 0 Å². The van der Waals surface area contributed by atoms with E-state index < -0.39 is 40.8 Å². The molecule has 1 saturated carbocycles. The van der Waals surface area contributed by atoms with Crippen LogP contribution in [0.4, 0.5) is 26.3 Å². The van der Waals surface area contributed by atoms with Gasteiger partial charge in [0.25, 0.3) is 0 Å². The van der Waals surface area contributed by atoms with Gasteiger partial charge in [-0.1, -0.05) is 30.3 Å². The van der Waals surface area contributed by atoms with E-state index in [0.717, 1.165) is 17.7 Å². The van der Waals surface area contributed by atoms with Gasteiger partial charge in [0.2, 0.25) is 0 Å². The number of hydrogen-bond donors (Lipinski definition) is 1. The maximum Gasteiger partial charge on any atom is 0.416 e. The summed E-state index contributed by atoms with van der Waals surface area (Å²) < 4.78 is 90.9. The van der Waals surface area contributed by atoms with Crippen molar-refractivity contribution in [2.24, 2.45) is 0 Å². The Balaban J connectivity index is 1.58. The second-order valence-electron chi connectivity index (χ2n) is 9.10. The van der Waals surface area contributed by atoms with Gasteiger partial charge in [0, 0.05) is 18.3 Å². The Morgan fingerprint density at radius 2 is 1.32 bits per heavy atom. The largest absolute Gasteiger partial charge is 0.416 e. The number of aliphatic hydroxyl groups is 1. The second kappa shape index (κ2) is 9.17. The summed E-state index contributed by atoms with van der Waals surface area (Å²) in [6, 6.07) is 10.9. The Hall–Kier alpha value is -2.10. The number of ether oxygens (including phenoxy) is 2. The summed E-state index contributed by atoms with van der Waals surface area (Å²) in [6.45, 7) is 0.996. The Morgan fingerprint density at radius 3 is 1.82 bits per heavy atom. The van der Waals surface area contributed by atoms with Gasteiger partial charge in [0.05, 0.1) is 30.4 Å². The summed E-state index contributed by atoms with van der Waals surface area (Å²) >= 11 is 0. The molecule has 1 unspecified atom stereocenters. The van der Waals surface area contributed by atoms with E-state index in [1.54, 1.807) is 0 Å². The van der Waals surface area contributed by atoms with Crippen LogP contribution in [0.5, 0.6) is 0 Å². The molecule has 1 N–H and O–H groups in total. The van der Waals surface area contributed by atoms with E-state index in [2.05, 4.69) is 0 Å². The summed E-state index contributed by atoms with van der Waals surface area (Å²) in [5.74, 6) is -0.680. The van der Waals surface area contributed by atoms with E-state index in [9.17, 15) is 31.4 Å². The highest BCUT2D eigenvalue weighted by Crippen LogP contribution is 2.49. The molecule has 186 valence electrons. The van der Waals surface area contributed by atoms with Crippen LogP contribution in [0.1, 0.15) is 54.4 Å². The highest BCUT2D eigenvalue weighted by atomic mass is 19.4. The van der Waals surface area contributed by atoms with Crippen molar-refractivity contribution in [2.45, 2.75) is 68.2 Å².